The molecule has 0 aliphatic rings. The number of halogens is 3. The van der Waals surface area contributed by atoms with Crippen molar-refractivity contribution in [2.24, 2.45) is 0 Å². The molecule has 1 rings (SSSR count). The SMILES string of the molecule is COCC(Cl)CCc1cc(Cl)ccc1F. The van der Waals surface area contributed by atoms with E-state index in [9.17, 15) is 4.39 Å². The third kappa shape index (κ3) is 4.37. The average molecular weight is 251 g/mol. The maximum atomic E-state index is 13.3. The highest BCUT2D eigenvalue weighted by atomic mass is 35.5. The van der Waals surface area contributed by atoms with Gasteiger partial charge in [-0.3, -0.25) is 0 Å². The first-order valence-corrected chi connectivity index (χ1v) is 5.52. The Kier molecular flexibility index (Phi) is 5.37. The highest BCUT2D eigenvalue weighted by Gasteiger charge is 2.07. The van der Waals surface area contributed by atoms with Gasteiger partial charge >= 0.3 is 0 Å². The Morgan fingerprint density at radius 1 is 1.47 bits per heavy atom. The number of aryl methyl sites for hydroxylation is 1. The maximum Gasteiger partial charge on any atom is 0.126 e. The molecule has 0 saturated heterocycles. The van der Waals surface area contributed by atoms with Gasteiger partial charge in [0.2, 0.25) is 0 Å². The number of ether oxygens (including phenoxy) is 1. The first-order valence-electron chi connectivity index (χ1n) is 4.70. The van der Waals surface area contributed by atoms with Crippen molar-refractivity contribution in [3.05, 3.63) is 34.6 Å². The lowest BCUT2D eigenvalue weighted by Gasteiger charge is -2.08. The van der Waals surface area contributed by atoms with Gasteiger partial charge in [-0.25, -0.2) is 4.39 Å². The van der Waals surface area contributed by atoms with E-state index < -0.39 is 0 Å². The van der Waals surface area contributed by atoms with Gasteiger partial charge in [0.15, 0.2) is 0 Å². The predicted molar refractivity (Wildman–Crippen MR) is 61.2 cm³/mol. The molecule has 0 aliphatic heterocycles. The second-order valence-corrected chi connectivity index (χ2v) is 4.38. The van der Waals surface area contributed by atoms with Crippen molar-refractivity contribution in [3.63, 3.8) is 0 Å². The third-order valence-electron chi connectivity index (χ3n) is 2.08. The van der Waals surface area contributed by atoms with E-state index in [1.165, 1.54) is 12.1 Å². The number of alkyl halides is 1. The second-order valence-electron chi connectivity index (χ2n) is 3.33. The number of methoxy groups -OCH3 is 1. The summed E-state index contributed by atoms with van der Waals surface area (Å²) in [6.45, 7) is 0.476. The van der Waals surface area contributed by atoms with E-state index in [0.29, 0.717) is 30.0 Å². The fraction of sp³-hybridized carbons (Fsp3) is 0.455. The molecule has 4 heteroatoms. The van der Waals surface area contributed by atoms with Crippen molar-refractivity contribution in [2.45, 2.75) is 18.2 Å². The van der Waals surface area contributed by atoms with E-state index in [4.69, 9.17) is 27.9 Å². The van der Waals surface area contributed by atoms with Crippen molar-refractivity contribution < 1.29 is 9.13 Å². The van der Waals surface area contributed by atoms with E-state index in [2.05, 4.69) is 0 Å². The van der Waals surface area contributed by atoms with Gasteiger partial charge in [0.05, 0.1) is 12.0 Å². The van der Waals surface area contributed by atoms with Crippen LogP contribution in [-0.4, -0.2) is 19.1 Å². The van der Waals surface area contributed by atoms with Crippen LogP contribution >= 0.6 is 23.2 Å². The standard InChI is InChI=1S/C11H13Cl2FO/c1-15-7-10(13)3-2-8-6-9(12)4-5-11(8)14/h4-6,10H,2-3,7H2,1H3. The van der Waals surface area contributed by atoms with Crippen LogP contribution < -0.4 is 0 Å². The van der Waals surface area contributed by atoms with Crippen molar-refractivity contribution >= 4 is 23.2 Å². The highest BCUT2D eigenvalue weighted by molar-refractivity contribution is 6.30. The largest absolute Gasteiger partial charge is 0.383 e. The van der Waals surface area contributed by atoms with Crippen LogP contribution in [0.15, 0.2) is 18.2 Å². The van der Waals surface area contributed by atoms with E-state index in [1.807, 2.05) is 0 Å². The van der Waals surface area contributed by atoms with Gasteiger partial charge in [-0.1, -0.05) is 11.6 Å². The minimum atomic E-state index is -0.235. The van der Waals surface area contributed by atoms with Gasteiger partial charge in [0.25, 0.3) is 0 Å². The average Bonchev–Trinajstić information content (AvgIpc) is 2.20. The molecule has 1 unspecified atom stereocenters. The van der Waals surface area contributed by atoms with Gasteiger partial charge in [0.1, 0.15) is 5.82 Å². The van der Waals surface area contributed by atoms with Gasteiger partial charge in [-0.15, -0.1) is 11.6 Å². The monoisotopic (exact) mass is 250 g/mol. The number of benzene rings is 1. The fourth-order valence-electron chi connectivity index (χ4n) is 1.31. The van der Waals surface area contributed by atoms with Crippen LogP contribution in [0.4, 0.5) is 4.39 Å². The van der Waals surface area contributed by atoms with Crippen LogP contribution in [0.2, 0.25) is 5.02 Å². The first-order chi connectivity index (χ1) is 7.13. The molecular formula is C11H13Cl2FO. The summed E-state index contributed by atoms with van der Waals surface area (Å²) in [5.74, 6) is -0.235. The Morgan fingerprint density at radius 3 is 2.87 bits per heavy atom. The van der Waals surface area contributed by atoms with Crippen LogP contribution in [0.1, 0.15) is 12.0 Å². The lowest BCUT2D eigenvalue weighted by Crippen LogP contribution is -2.08. The minimum absolute atomic E-state index is 0.0895. The summed E-state index contributed by atoms with van der Waals surface area (Å²) in [7, 11) is 1.59. The van der Waals surface area contributed by atoms with Crippen LogP contribution in [0, 0.1) is 5.82 Å². The molecule has 1 atom stereocenters. The Bertz CT molecular complexity index is 317. The quantitative estimate of drug-likeness (QED) is 0.725. The molecule has 84 valence electrons. The van der Waals surface area contributed by atoms with Crippen LogP contribution in [0.5, 0.6) is 0 Å². The number of hydrogen-bond donors (Lipinski definition) is 0. The third-order valence-corrected chi connectivity index (χ3v) is 2.66. The molecule has 1 nitrogen and oxygen atoms in total. The number of rotatable bonds is 5. The molecule has 0 bridgehead atoms. The second kappa shape index (κ2) is 6.31. The van der Waals surface area contributed by atoms with Gasteiger partial charge in [-0.05, 0) is 36.6 Å². The Balaban J connectivity index is 2.53. The lowest BCUT2D eigenvalue weighted by molar-refractivity contribution is 0.195. The zero-order valence-corrected chi connectivity index (χ0v) is 9.98. The molecule has 1 aromatic rings. The van der Waals surface area contributed by atoms with E-state index in [1.54, 1.807) is 13.2 Å². The summed E-state index contributed by atoms with van der Waals surface area (Å²) in [5, 5.41) is 0.456. The Hall–Kier alpha value is -0.310. The van der Waals surface area contributed by atoms with Gasteiger partial charge in [0, 0.05) is 12.1 Å². The van der Waals surface area contributed by atoms with Crippen LogP contribution in [-0.2, 0) is 11.2 Å². The van der Waals surface area contributed by atoms with Gasteiger partial charge < -0.3 is 4.74 Å². The van der Waals surface area contributed by atoms with Crippen LogP contribution in [0.25, 0.3) is 0 Å². The van der Waals surface area contributed by atoms with Crippen molar-refractivity contribution in [3.8, 4) is 0 Å². The molecular weight excluding hydrogens is 238 g/mol. The maximum absolute atomic E-state index is 13.3. The molecule has 0 spiro atoms. The van der Waals surface area contributed by atoms with E-state index >= 15 is 0 Å². The summed E-state index contributed by atoms with van der Waals surface area (Å²) in [6.07, 6.45) is 1.25. The molecule has 0 aromatic heterocycles. The van der Waals surface area contributed by atoms with Gasteiger partial charge in [-0.2, -0.15) is 0 Å². The molecule has 15 heavy (non-hydrogen) atoms. The highest BCUT2D eigenvalue weighted by Crippen LogP contribution is 2.18. The summed E-state index contributed by atoms with van der Waals surface area (Å²) in [5.41, 5.74) is 0.601. The molecule has 0 radical (unpaired) electrons. The lowest BCUT2D eigenvalue weighted by atomic mass is 10.1. The Morgan fingerprint density at radius 2 is 2.20 bits per heavy atom. The predicted octanol–water partition coefficient (Wildman–Crippen LogP) is 3.67. The molecule has 0 aliphatic carbocycles. The van der Waals surface area contributed by atoms with Crippen molar-refractivity contribution in [2.75, 3.05) is 13.7 Å². The minimum Gasteiger partial charge on any atom is -0.383 e. The van der Waals surface area contributed by atoms with Crippen molar-refractivity contribution in [1.29, 1.82) is 0 Å². The fourth-order valence-corrected chi connectivity index (χ4v) is 1.74. The normalized spacial score (nSPS) is 12.8. The molecule has 0 fully saturated rings. The first kappa shape index (κ1) is 12.8. The summed E-state index contributed by atoms with van der Waals surface area (Å²) in [6, 6.07) is 4.54. The van der Waals surface area contributed by atoms with Crippen LogP contribution in [0.3, 0.4) is 0 Å². The zero-order valence-electron chi connectivity index (χ0n) is 8.47. The zero-order chi connectivity index (χ0) is 11.3. The smallest absolute Gasteiger partial charge is 0.126 e. The molecule has 0 N–H and O–H groups in total. The summed E-state index contributed by atoms with van der Waals surface area (Å²) < 4.78 is 18.2. The molecule has 1 aromatic carbocycles. The Labute approximate surface area is 99.1 Å². The molecule has 0 saturated carbocycles. The van der Waals surface area contributed by atoms with E-state index in [0.717, 1.165) is 0 Å². The summed E-state index contributed by atoms with van der Waals surface area (Å²) in [4.78, 5) is 0. The van der Waals surface area contributed by atoms with E-state index in [-0.39, 0.29) is 11.2 Å². The van der Waals surface area contributed by atoms with Crippen molar-refractivity contribution in [1.82, 2.24) is 0 Å². The number of hydrogen-bond acceptors (Lipinski definition) is 1. The molecule has 0 amide bonds. The topological polar surface area (TPSA) is 9.23 Å². The molecule has 0 heterocycles. The summed E-state index contributed by atoms with van der Waals surface area (Å²) >= 11 is 11.7.